The fraction of sp³-hybridized carbons (Fsp3) is 0.474. The average Bonchev–Trinajstić information content (AvgIpc) is 3.49. The molecule has 2 saturated carbocycles. The zero-order valence-corrected chi connectivity index (χ0v) is 13.7. The predicted octanol–water partition coefficient (Wildman–Crippen LogP) is 3.47. The lowest BCUT2D eigenvalue weighted by atomic mass is 10.1. The first-order valence-electron chi connectivity index (χ1n) is 8.54. The molecule has 24 heavy (non-hydrogen) atoms. The molecule has 1 heterocycles. The van der Waals surface area contributed by atoms with Crippen LogP contribution in [0.25, 0.3) is 11.0 Å². The number of hydrogen-bond donors (Lipinski definition) is 0. The molecule has 1 aromatic heterocycles. The molecular formula is C19H20N2O3. The molecule has 2 aliphatic rings. The van der Waals surface area contributed by atoms with Crippen LogP contribution in [-0.4, -0.2) is 29.5 Å². The highest BCUT2D eigenvalue weighted by molar-refractivity contribution is 5.87. The van der Waals surface area contributed by atoms with Gasteiger partial charge in [0.15, 0.2) is 12.4 Å². The van der Waals surface area contributed by atoms with Crippen molar-refractivity contribution in [3.63, 3.8) is 0 Å². The Labute approximate surface area is 140 Å². The molecule has 5 nitrogen and oxygen atoms in total. The third kappa shape index (κ3) is 2.73. The van der Waals surface area contributed by atoms with E-state index in [0.29, 0.717) is 23.3 Å². The highest BCUT2D eigenvalue weighted by Crippen LogP contribution is 2.40. The van der Waals surface area contributed by atoms with Crippen LogP contribution in [0.4, 0.5) is 0 Å². The van der Waals surface area contributed by atoms with Crippen LogP contribution in [0.5, 0.6) is 5.75 Å². The molecular weight excluding hydrogens is 304 g/mol. The van der Waals surface area contributed by atoms with E-state index in [9.17, 15) is 10.1 Å². The molecule has 1 aromatic carbocycles. The number of ether oxygens (including phenoxy) is 1. The number of furan rings is 1. The first-order chi connectivity index (χ1) is 11.7. The van der Waals surface area contributed by atoms with Gasteiger partial charge in [0.2, 0.25) is 5.76 Å². The van der Waals surface area contributed by atoms with Crippen molar-refractivity contribution in [2.45, 2.75) is 44.7 Å². The van der Waals surface area contributed by atoms with Gasteiger partial charge in [-0.2, -0.15) is 5.26 Å². The van der Waals surface area contributed by atoms with E-state index in [1.807, 2.05) is 29.2 Å². The van der Waals surface area contributed by atoms with Crippen molar-refractivity contribution in [3.05, 3.63) is 30.0 Å². The van der Waals surface area contributed by atoms with E-state index in [2.05, 4.69) is 6.92 Å². The van der Waals surface area contributed by atoms with E-state index in [-0.39, 0.29) is 24.3 Å². The number of para-hydroxylation sites is 1. The highest BCUT2D eigenvalue weighted by atomic mass is 16.5. The van der Waals surface area contributed by atoms with Crippen LogP contribution in [0.1, 0.15) is 38.4 Å². The summed E-state index contributed by atoms with van der Waals surface area (Å²) in [5.41, 5.74) is 0.599. The lowest BCUT2D eigenvalue weighted by molar-refractivity contribution is -0.136. The summed E-state index contributed by atoms with van der Waals surface area (Å²) in [5.74, 6) is 1.14. The third-order valence-electron chi connectivity index (χ3n) is 4.96. The number of rotatable bonds is 6. The summed E-state index contributed by atoms with van der Waals surface area (Å²) >= 11 is 0. The Morgan fingerprint density at radius 1 is 1.38 bits per heavy atom. The maximum atomic E-state index is 12.7. The van der Waals surface area contributed by atoms with Crippen molar-refractivity contribution in [2.75, 3.05) is 6.61 Å². The van der Waals surface area contributed by atoms with Crippen LogP contribution >= 0.6 is 0 Å². The van der Waals surface area contributed by atoms with Gasteiger partial charge in [0, 0.05) is 12.1 Å². The molecule has 0 spiro atoms. The molecule has 0 saturated heterocycles. The van der Waals surface area contributed by atoms with Gasteiger partial charge in [-0.15, -0.1) is 0 Å². The molecule has 2 aromatic rings. The Balaban J connectivity index is 1.52. The molecule has 2 fully saturated rings. The van der Waals surface area contributed by atoms with Crippen molar-refractivity contribution >= 4 is 16.9 Å². The van der Waals surface area contributed by atoms with E-state index < -0.39 is 0 Å². The summed E-state index contributed by atoms with van der Waals surface area (Å²) in [5, 5.41) is 9.97. The minimum absolute atomic E-state index is 0.00562. The summed E-state index contributed by atoms with van der Waals surface area (Å²) < 4.78 is 11.2. The van der Waals surface area contributed by atoms with Crippen LogP contribution < -0.4 is 4.74 Å². The average molecular weight is 324 g/mol. The van der Waals surface area contributed by atoms with Gasteiger partial charge < -0.3 is 14.1 Å². The summed E-state index contributed by atoms with van der Waals surface area (Å²) in [6, 6.07) is 9.99. The monoisotopic (exact) mass is 324 g/mol. The van der Waals surface area contributed by atoms with Crippen LogP contribution in [0.2, 0.25) is 0 Å². The predicted molar refractivity (Wildman–Crippen MR) is 88.5 cm³/mol. The van der Waals surface area contributed by atoms with Gasteiger partial charge in [0.05, 0.1) is 5.39 Å². The fourth-order valence-electron chi connectivity index (χ4n) is 3.37. The largest absolute Gasteiger partial charge is 0.478 e. The van der Waals surface area contributed by atoms with Crippen LogP contribution in [0.15, 0.2) is 28.7 Å². The minimum Gasteiger partial charge on any atom is -0.478 e. The lowest BCUT2D eigenvalue weighted by Crippen LogP contribution is -2.44. The van der Waals surface area contributed by atoms with Gasteiger partial charge in [-0.3, -0.25) is 4.79 Å². The van der Waals surface area contributed by atoms with E-state index in [1.165, 1.54) is 12.8 Å². The number of amides is 1. The third-order valence-corrected chi connectivity index (χ3v) is 4.96. The van der Waals surface area contributed by atoms with Gasteiger partial charge in [-0.05, 0) is 50.7 Å². The topological polar surface area (TPSA) is 66.5 Å². The zero-order chi connectivity index (χ0) is 16.7. The normalized spacial score (nSPS) is 18.2. The Bertz CT molecular complexity index is 812. The summed E-state index contributed by atoms with van der Waals surface area (Å²) in [7, 11) is 0. The number of nitriles is 1. The van der Waals surface area contributed by atoms with E-state index >= 15 is 0 Å². The number of carbonyl (C=O) groups is 1. The first kappa shape index (κ1) is 15.1. The number of carbonyl (C=O) groups excluding carboxylic acids is 1. The second kappa shape index (κ2) is 5.86. The van der Waals surface area contributed by atoms with Crippen molar-refractivity contribution in [3.8, 4) is 11.8 Å². The zero-order valence-electron chi connectivity index (χ0n) is 13.7. The number of hydrogen-bond acceptors (Lipinski definition) is 4. The Morgan fingerprint density at radius 2 is 2.12 bits per heavy atom. The molecule has 1 amide bonds. The van der Waals surface area contributed by atoms with Gasteiger partial charge in [-0.1, -0.05) is 12.1 Å². The highest BCUT2D eigenvalue weighted by Gasteiger charge is 2.41. The lowest BCUT2D eigenvalue weighted by Gasteiger charge is -2.29. The molecule has 0 N–H and O–H groups in total. The van der Waals surface area contributed by atoms with Crippen molar-refractivity contribution < 1.29 is 13.9 Å². The maximum absolute atomic E-state index is 12.7. The molecule has 0 bridgehead atoms. The summed E-state index contributed by atoms with van der Waals surface area (Å²) in [6.07, 6.45) is 4.59. The number of benzene rings is 1. The Kier molecular flexibility index (Phi) is 3.68. The Hall–Kier alpha value is -2.48. The van der Waals surface area contributed by atoms with Gasteiger partial charge in [0.25, 0.3) is 5.91 Å². The molecule has 0 radical (unpaired) electrons. The van der Waals surface area contributed by atoms with Crippen molar-refractivity contribution in [1.29, 1.82) is 5.26 Å². The molecule has 5 heteroatoms. The van der Waals surface area contributed by atoms with E-state index in [0.717, 1.165) is 18.2 Å². The van der Waals surface area contributed by atoms with Gasteiger partial charge >= 0.3 is 0 Å². The second-order valence-electron chi connectivity index (χ2n) is 6.77. The molecule has 4 rings (SSSR count). The summed E-state index contributed by atoms with van der Waals surface area (Å²) in [6.45, 7) is 2.09. The van der Waals surface area contributed by atoms with Crippen molar-refractivity contribution in [2.24, 2.45) is 5.92 Å². The smallest absolute Gasteiger partial charge is 0.261 e. The summed E-state index contributed by atoms with van der Waals surface area (Å²) in [4.78, 5) is 14.7. The first-order valence-corrected chi connectivity index (χ1v) is 8.54. The Morgan fingerprint density at radius 3 is 2.79 bits per heavy atom. The molecule has 0 aliphatic heterocycles. The molecule has 1 atom stereocenters. The minimum atomic E-state index is -0.0498. The van der Waals surface area contributed by atoms with Crippen LogP contribution in [0, 0.1) is 17.2 Å². The van der Waals surface area contributed by atoms with E-state index in [4.69, 9.17) is 9.15 Å². The molecule has 0 unspecified atom stereocenters. The van der Waals surface area contributed by atoms with Crippen LogP contribution in [0.3, 0.4) is 0 Å². The fourth-order valence-corrected chi connectivity index (χ4v) is 3.37. The second-order valence-corrected chi connectivity index (χ2v) is 6.77. The SMILES string of the molecule is C[C@H](C1CC1)N(C(=O)COc1c(C#N)oc2ccccc12)C1CC1. The standard InChI is InChI=1S/C19H20N2O3/c1-12(13-6-7-13)21(14-8-9-14)18(22)11-23-19-15-4-2-3-5-16(15)24-17(19)10-20/h2-5,12-14H,6-9,11H2,1H3/t12-/m1/s1. The quantitative estimate of drug-likeness (QED) is 0.816. The van der Waals surface area contributed by atoms with Crippen LogP contribution in [-0.2, 0) is 4.79 Å². The maximum Gasteiger partial charge on any atom is 0.261 e. The number of fused-ring (bicyclic) bond motifs is 1. The van der Waals surface area contributed by atoms with Gasteiger partial charge in [0.1, 0.15) is 11.7 Å². The van der Waals surface area contributed by atoms with Gasteiger partial charge in [-0.25, -0.2) is 0 Å². The molecule has 124 valence electrons. The number of nitrogens with zero attached hydrogens (tertiary/aromatic N) is 2. The van der Waals surface area contributed by atoms with E-state index in [1.54, 1.807) is 6.07 Å². The molecule has 2 aliphatic carbocycles. The van der Waals surface area contributed by atoms with Crippen molar-refractivity contribution in [1.82, 2.24) is 4.90 Å².